The van der Waals surface area contributed by atoms with Gasteiger partial charge in [0.15, 0.2) is 0 Å². The van der Waals surface area contributed by atoms with Gasteiger partial charge in [-0.2, -0.15) is 0 Å². The average Bonchev–Trinajstić information content (AvgIpc) is 3.06. The summed E-state index contributed by atoms with van der Waals surface area (Å²) >= 11 is 0. The number of halogens is 3. The number of likely N-dealkylation sites (tertiary alicyclic amines) is 1. The summed E-state index contributed by atoms with van der Waals surface area (Å²) in [5.41, 5.74) is 0.814. The van der Waals surface area contributed by atoms with Crippen molar-refractivity contribution < 1.29 is 27.4 Å². The van der Waals surface area contributed by atoms with E-state index in [1.165, 1.54) is 12.1 Å². The molecule has 0 saturated carbocycles. The lowest BCUT2D eigenvalue weighted by atomic mass is 9.88. The van der Waals surface area contributed by atoms with Gasteiger partial charge in [-0.1, -0.05) is 12.1 Å². The summed E-state index contributed by atoms with van der Waals surface area (Å²) in [4.78, 5) is 4.72. The number of nitrogens with zero attached hydrogens (tertiary/aromatic N) is 2. The van der Waals surface area contributed by atoms with Gasteiger partial charge in [-0.05, 0) is 43.4 Å². The van der Waals surface area contributed by atoms with Crippen molar-refractivity contribution in [2.75, 3.05) is 45.9 Å². The van der Waals surface area contributed by atoms with Crippen molar-refractivity contribution in [2.45, 2.75) is 50.3 Å². The molecule has 0 N–H and O–H groups in total. The van der Waals surface area contributed by atoms with Crippen molar-refractivity contribution >= 4 is 0 Å². The van der Waals surface area contributed by atoms with Crippen LogP contribution in [0.3, 0.4) is 0 Å². The maximum Gasteiger partial charge on any atom is 0.573 e. The Morgan fingerprint density at radius 1 is 1.03 bits per heavy atom. The van der Waals surface area contributed by atoms with Gasteiger partial charge in [-0.15, -0.1) is 13.2 Å². The summed E-state index contributed by atoms with van der Waals surface area (Å²) in [5.74, 6) is -0.159. The summed E-state index contributed by atoms with van der Waals surface area (Å²) < 4.78 is 53.2. The number of piperidine rings is 1. The topological polar surface area (TPSA) is 34.2 Å². The highest BCUT2D eigenvalue weighted by atomic mass is 19.4. The van der Waals surface area contributed by atoms with Crippen molar-refractivity contribution in [1.29, 1.82) is 0 Å². The molecule has 5 nitrogen and oxygen atoms in total. The van der Waals surface area contributed by atoms with Crippen molar-refractivity contribution in [1.82, 2.24) is 9.80 Å². The van der Waals surface area contributed by atoms with E-state index in [4.69, 9.17) is 9.47 Å². The molecular formula is C21H29F3N2O3. The van der Waals surface area contributed by atoms with Crippen LogP contribution in [0.2, 0.25) is 0 Å². The Bertz CT molecular complexity index is 671. The van der Waals surface area contributed by atoms with Crippen molar-refractivity contribution in [3.05, 3.63) is 29.8 Å². The Kier molecular flexibility index (Phi) is 6.34. The quantitative estimate of drug-likeness (QED) is 0.738. The summed E-state index contributed by atoms with van der Waals surface area (Å²) in [5, 5.41) is 0. The molecule has 0 radical (unpaired) electrons. The molecule has 1 aromatic carbocycles. The van der Waals surface area contributed by atoms with Crippen LogP contribution in [0.4, 0.5) is 13.2 Å². The smallest absolute Gasteiger partial charge is 0.406 e. The van der Waals surface area contributed by atoms with Gasteiger partial charge < -0.3 is 14.2 Å². The van der Waals surface area contributed by atoms with Crippen LogP contribution in [0.1, 0.15) is 31.2 Å². The highest BCUT2D eigenvalue weighted by Gasteiger charge is 2.42. The first-order chi connectivity index (χ1) is 13.9. The van der Waals surface area contributed by atoms with E-state index in [1.54, 1.807) is 6.07 Å². The highest BCUT2D eigenvalue weighted by Crippen LogP contribution is 2.39. The molecule has 0 bridgehead atoms. The summed E-state index contributed by atoms with van der Waals surface area (Å²) in [6.45, 7) is 6.99. The average molecular weight is 414 g/mol. The number of hydrogen-bond donors (Lipinski definition) is 0. The van der Waals surface area contributed by atoms with E-state index in [0.29, 0.717) is 12.6 Å². The number of ether oxygens (including phenoxy) is 3. The van der Waals surface area contributed by atoms with Crippen LogP contribution in [-0.4, -0.2) is 73.8 Å². The van der Waals surface area contributed by atoms with Crippen molar-refractivity contribution in [3.8, 4) is 5.75 Å². The van der Waals surface area contributed by atoms with Gasteiger partial charge >= 0.3 is 6.36 Å². The van der Waals surface area contributed by atoms with E-state index in [2.05, 4.69) is 14.5 Å². The van der Waals surface area contributed by atoms with Crippen LogP contribution < -0.4 is 4.74 Å². The predicted octanol–water partition coefficient (Wildman–Crippen LogP) is 3.43. The van der Waals surface area contributed by atoms with E-state index < -0.39 is 6.36 Å². The zero-order chi connectivity index (χ0) is 20.3. The molecular weight excluding hydrogens is 385 g/mol. The Balaban J connectivity index is 1.25. The third kappa shape index (κ3) is 5.84. The first-order valence-electron chi connectivity index (χ1n) is 10.4. The highest BCUT2D eigenvalue weighted by molar-refractivity contribution is 5.28. The first-order valence-corrected chi connectivity index (χ1v) is 10.4. The van der Waals surface area contributed by atoms with Gasteiger partial charge in [-0.3, -0.25) is 9.80 Å². The maximum absolute atomic E-state index is 12.4. The van der Waals surface area contributed by atoms with E-state index >= 15 is 0 Å². The van der Waals surface area contributed by atoms with Gasteiger partial charge in [0.1, 0.15) is 5.75 Å². The van der Waals surface area contributed by atoms with Crippen LogP contribution in [-0.2, 0) is 16.0 Å². The normalized spacial score (nSPS) is 26.1. The SMILES string of the molecule is FC(F)(F)Oc1cccc(CN2CCC3(CCC(CN4CCOCC4)O3)CC2)c1. The third-order valence-corrected chi connectivity index (χ3v) is 6.21. The Hall–Kier alpha value is -1.35. The summed E-state index contributed by atoms with van der Waals surface area (Å²) in [7, 11) is 0. The van der Waals surface area contributed by atoms with Crippen molar-refractivity contribution in [2.24, 2.45) is 0 Å². The Morgan fingerprint density at radius 2 is 1.79 bits per heavy atom. The second-order valence-corrected chi connectivity index (χ2v) is 8.35. The number of benzene rings is 1. The van der Waals surface area contributed by atoms with E-state index in [1.807, 2.05) is 6.07 Å². The van der Waals surface area contributed by atoms with E-state index in [9.17, 15) is 13.2 Å². The van der Waals surface area contributed by atoms with Crippen LogP contribution >= 0.6 is 0 Å². The molecule has 3 aliphatic rings. The van der Waals surface area contributed by atoms with Crippen LogP contribution in [0.25, 0.3) is 0 Å². The fourth-order valence-electron chi connectivity index (χ4n) is 4.68. The minimum absolute atomic E-state index is 0.0191. The molecule has 1 spiro atoms. The van der Waals surface area contributed by atoms with Gasteiger partial charge in [0, 0.05) is 39.3 Å². The molecule has 1 atom stereocenters. The van der Waals surface area contributed by atoms with Gasteiger partial charge in [-0.25, -0.2) is 0 Å². The first kappa shape index (κ1) is 20.9. The van der Waals surface area contributed by atoms with Gasteiger partial charge in [0.2, 0.25) is 0 Å². The number of hydrogen-bond acceptors (Lipinski definition) is 5. The summed E-state index contributed by atoms with van der Waals surface area (Å²) in [6.07, 6.45) is -0.195. The zero-order valence-corrected chi connectivity index (χ0v) is 16.6. The molecule has 1 unspecified atom stereocenters. The predicted molar refractivity (Wildman–Crippen MR) is 102 cm³/mol. The molecule has 3 heterocycles. The van der Waals surface area contributed by atoms with Crippen LogP contribution in [0, 0.1) is 0 Å². The number of morpholine rings is 1. The maximum atomic E-state index is 12.4. The van der Waals surface area contributed by atoms with Gasteiger partial charge in [0.25, 0.3) is 0 Å². The molecule has 0 amide bonds. The van der Waals surface area contributed by atoms with E-state index in [-0.39, 0.29) is 11.4 Å². The molecule has 0 aromatic heterocycles. The molecule has 3 saturated heterocycles. The zero-order valence-electron chi connectivity index (χ0n) is 16.6. The molecule has 3 fully saturated rings. The fraction of sp³-hybridized carbons (Fsp3) is 0.714. The molecule has 1 aromatic rings. The van der Waals surface area contributed by atoms with Gasteiger partial charge in [0.05, 0.1) is 24.9 Å². The summed E-state index contributed by atoms with van der Waals surface area (Å²) in [6, 6.07) is 6.27. The second-order valence-electron chi connectivity index (χ2n) is 8.35. The van der Waals surface area contributed by atoms with E-state index in [0.717, 1.165) is 77.2 Å². The Labute approximate surface area is 169 Å². The molecule has 162 valence electrons. The molecule has 4 rings (SSSR count). The molecule has 29 heavy (non-hydrogen) atoms. The fourth-order valence-corrected chi connectivity index (χ4v) is 4.68. The van der Waals surface area contributed by atoms with Crippen molar-refractivity contribution in [3.63, 3.8) is 0 Å². The minimum Gasteiger partial charge on any atom is -0.406 e. The lowest BCUT2D eigenvalue weighted by molar-refractivity contribution is -0.274. The standard InChI is InChI=1S/C21H29F3N2O3/c22-21(23,24)29-18-3-1-2-17(14-18)15-25-8-6-20(7-9-25)5-4-19(28-20)16-26-10-12-27-13-11-26/h1-3,14,19H,4-13,15-16H2. The molecule has 0 aliphatic carbocycles. The van der Waals surface area contributed by atoms with Crippen LogP contribution in [0.5, 0.6) is 5.75 Å². The monoisotopic (exact) mass is 414 g/mol. The Morgan fingerprint density at radius 3 is 2.52 bits per heavy atom. The third-order valence-electron chi connectivity index (χ3n) is 6.21. The minimum atomic E-state index is -4.66. The van der Waals surface area contributed by atoms with Crippen LogP contribution in [0.15, 0.2) is 24.3 Å². The lowest BCUT2D eigenvalue weighted by Gasteiger charge is -2.39. The molecule has 3 aliphatic heterocycles. The second kappa shape index (κ2) is 8.79. The number of rotatable bonds is 5. The number of alkyl halides is 3. The molecule has 8 heteroatoms. The lowest BCUT2D eigenvalue weighted by Crippen LogP contribution is -2.45. The largest absolute Gasteiger partial charge is 0.573 e.